The summed E-state index contributed by atoms with van der Waals surface area (Å²) in [7, 11) is 0. The van der Waals surface area contributed by atoms with Crippen molar-refractivity contribution in [3.63, 3.8) is 0 Å². The first-order valence-corrected chi connectivity index (χ1v) is 10.3. The molecule has 0 radical (unpaired) electrons. The van der Waals surface area contributed by atoms with Crippen molar-refractivity contribution in [3.05, 3.63) is 110 Å². The average molecular weight is 449 g/mol. The Morgan fingerprint density at radius 2 is 1.81 bits per heavy atom. The average Bonchev–Trinajstić information content (AvgIpc) is 2.82. The van der Waals surface area contributed by atoms with Gasteiger partial charge in [0.1, 0.15) is 23.5 Å². The fraction of sp³-hybridized carbons (Fsp3) is 0.120. The molecule has 1 aliphatic rings. The van der Waals surface area contributed by atoms with E-state index in [-0.39, 0.29) is 12.2 Å². The van der Waals surface area contributed by atoms with Gasteiger partial charge in [0, 0.05) is 27.1 Å². The first kappa shape index (κ1) is 20.3. The normalized spacial score (nSPS) is 15.1. The first-order chi connectivity index (χ1) is 15.6. The second-order valence-corrected chi connectivity index (χ2v) is 7.72. The summed E-state index contributed by atoms with van der Waals surface area (Å²) in [6, 6.07) is 21.4. The lowest BCUT2D eigenvalue weighted by atomic mass is 10.1. The van der Waals surface area contributed by atoms with E-state index < -0.39 is 17.9 Å². The highest BCUT2D eigenvalue weighted by Crippen LogP contribution is 2.38. The quantitative estimate of drug-likeness (QED) is 0.307. The van der Waals surface area contributed by atoms with E-state index in [0.29, 0.717) is 33.9 Å². The third kappa shape index (κ3) is 3.98. The molecule has 160 valence electrons. The summed E-state index contributed by atoms with van der Waals surface area (Å²) >= 11 is 6.24. The van der Waals surface area contributed by atoms with E-state index in [1.807, 2.05) is 30.3 Å². The van der Waals surface area contributed by atoms with E-state index in [1.165, 1.54) is 6.07 Å². The molecule has 0 amide bonds. The second-order valence-electron chi connectivity index (χ2n) is 7.29. The lowest BCUT2D eigenvalue weighted by molar-refractivity contribution is -0.112. The number of ether oxygens (including phenoxy) is 3. The highest BCUT2D eigenvalue weighted by molar-refractivity contribution is 6.30. The van der Waals surface area contributed by atoms with Crippen LogP contribution in [0.15, 0.2) is 82.0 Å². The maximum atomic E-state index is 12.6. The van der Waals surface area contributed by atoms with Gasteiger partial charge in [0.05, 0.1) is 6.61 Å². The maximum absolute atomic E-state index is 12.6. The Balaban J connectivity index is 1.39. The van der Waals surface area contributed by atoms with Crippen molar-refractivity contribution in [1.29, 1.82) is 0 Å². The molecule has 1 unspecified atom stereocenters. The van der Waals surface area contributed by atoms with Crippen LogP contribution in [-0.4, -0.2) is 5.97 Å². The van der Waals surface area contributed by atoms with E-state index in [4.69, 9.17) is 30.2 Å². The Morgan fingerprint density at radius 3 is 2.66 bits per heavy atom. The van der Waals surface area contributed by atoms with Crippen molar-refractivity contribution in [3.8, 4) is 5.75 Å². The molecule has 1 aromatic heterocycles. The van der Waals surface area contributed by atoms with Crippen molar-refractivity contribution < 1.29 is 23.4 Å². The zero-order valence-corrected chi connectivity index (χ0v) is 17.5. The molecule has 3 aromatic carbocycles. The molecule has 5 rings (SSSR count). The van der Waals surface area contributed by atoms with Gasteiger partial charge in [-0.15, -0.1) is 0 Å². The van der Waals surface area contributed by atoms with Crippen molar-refractivity contribution in [2.75, 3.05) is 0 Å². The van der Waals surface area contributed by atoms with Crippen molar-refractivity contribution in [2.45, 2.75) is 19.5 Å². The van der Waals surface area contributed by atoms with Crippen LogP contribution in [0, 0.1) is 0 Å². The molecule has 2 heterocycles. The summed E-state index contributed by atoms with van der Waals surface area (Å²) in [6.07, 6.45) is -0.591. The minimum Gasteiger partial charge on any atom is -0.460 e. The third-order valence-electron chi connectivity index (χ3n) is 5.11. The van der Waals surface area contributed by atoms with Crippen LogP contribution in [0.5, 0.6) is 5.75 Å². The highest BCUT2D eigenvalue weighted by atomic mass is 35.5. The molecule has 0 saturated carbocycles. The predicted octanol–water partition coefficient (Wildman–Crippen LogP) is 5.41. The largest absolute Gasteiger partial charge is 0.460 e. The zero-order valence-electron chi connectivity index (χ0n) is 16.7. The number of carbonyl (C=O) groups excluding carboxylic acids is 1. The molecule has 0 spiro atoms. The van der Waals surface area contributed by atoms with Crippen molar-refractivity contribution >= 4 is 28.5 Å². The molecule has 0 fully saturated rings. The third-order valence-corrected chi connectivity index (χ3v) is 5.33. The molecular weight excluding hydrogens is 432 g/mol. The summed E-state index contributed by atoms with van der Waals surface area (Å²) in [5.41, 5.74) is 1.67. The molecule has 0 aliphatic carbocycles. The van der Waals surface area contributed by atoms with Gasteiger partial charge < -0.3 is 18.6 Å². The molecule has 4 aromatic rings. The number of hydrogen-bond acceptors (Lipinski definition) is 6. The van der Waals surface area contributed by atoms with Gasteiger partial charge in [-0.05, 0) is 24.3 Å². The van der Waals surface area contributed by atoms with Gasteiger partial charge in [-0.2, -0.15) is 0 Å². The van der Waals surface area contributed by atoms with Crippen LogP contribution in [0.2, 0.25) is 5.02 Å². The Kier molecular flexibility index (Phi) is 5.39. The van der Waals surface area contributed by atoms with Crippen LogP contribution < -0.4 is 10.4 Å². The summed E-state index contributed by atoms with van der Waals surface area (Å²) < 4.78 is 22.5. The Bertz CT molecular complexity index is 1360. The molecule has 0 N–H and O–H groups in total. The minimum atomic E-state index is -0.787. The SMILES string of the molecule is O=C(OCc1cc(Cl)cc2c1OC(c1ccccc1)OC2)c1cc2ccccc2oc1=O. The summed E-state index contributed by atoms with van der Waals surface area (Å²) in [5.74, 6) is -0.238. The number of hydrogen-bond donors (Lipinski definition) is 0. The fourth-order valence-electron chi connectivity index (χ4n) is 3.58. The molecular formula is C25H17ClO6. The van der Waals surface area contributed by atoms with Crippen LogP contribution in [0.3, 0.4) is 0 Å². The number of benzene rings is 3. The molecule has 7 heteroatoms. The summed E-state index contributed by atoms with van der Waals surface area (Å²) in [5, 5.41) is 1.09. The monoisotopic (exact) mass is 448 g/mol. The van der Waals surface area contributed by atoms with E-state index >= 15 is 0 Å². The number of halogens is 1. The van der Waals surface area contributed by atoms with Crippen LogP contribution >= 0.6 is 11.6 Å². The standard InChI is InChI=1S/C25H17ClO6/c26-19-10-17(22-18(11-19)14-30-25(32-22)15-6-2-1-3-7-15)13-29-23(27)20-12-16-8-4-5-9-21(16)31-24(20)28/h1-12,25H,13-14H2. The van der Waals surface area contributed by atoms with E-state index in [2.05, 4.69) is 0 Å². The number of rotatable bonds is 4. The van der Waals surface area contributed by atoms with Crippen LogP contribution in [-0.2, 0) is 22.7 Å². The number of carbonyl (C=O) groups is 1. The molecule has 0 saturated heterocycles. The van der Waals surface area contributed by atoms with Crippen LogP contribution in [0.1, 0.15) is 33.3 Å². The van der Waals surface area contributed by atoms with Gasteiger partial charge in [0.2, 0.25) is 6.29 Å². The zero-order chi connectivity index (χ0) is 22.1. The van der Waals surface area contributed by atoms with E-state index in [1.54, 1.807) is 36.4 Å². The van der Waals surface area contributed by atoms with Gasteiger partial charge in [0.25, 0.3) is 0 Å². The lowest BCUT2D eigenvalue weighted by Crippen LogP contribution is -2.20. The van der Waals surface area contributed by atoms with Crippen molar-refractivity contribution in [2.24, 2.45) is 0 Å². The van der Waals surface area contributed by atoms with Gasteiger partial charge >= 0.3 is 11.6 Å². The topological polar surface area (TPSA) is 75.0 Å². The van der Waals surface area contributed by atoms with E-state index in [9.17, 15) is 9.59 Å². The van der Waals surface area contributed by atoms with Gasteiger partial charge in [0.15, 0.2) is 0 Å². The molecule has 32 heavy (non-hydrogen) atoms. The van der Waals surface area contributed by atoms with Gasteiger partial charge in [-0.3, -0.25) is 0 Å². The number of para-hydroxylation sites is 1. The summed E-state index contributed by atoms with van der Waals surface area (Å²) in [4.78, 5) is 24.9. The molecule has 1 atom stereocenters. The summed E-state index contributed by atoms with van der Waals surface area (Å²) in [6.45, 7) is 0.167. The van der Waals surface area contributed by atoms with Crippen LogP contribution in [0.4, 0.5) is 0 Å². The predicted molar refractivity (Wildman–Crippen MR) is 118 cm³/mol. The first-order valence-electron chi connectivity index (χ1n) is 9.93. The van der Waals surface area contributed by atoms with Crippen LogP contribution in [0.25, 0.3) is 11.0 Å². The Morgan fingerprint density at radius 1 is 1.03 bits per heavy atom. The van der Waals surface area contributed by atoms with Crippen molar-refractivity contribution in [1.82, 2.24) is 0 Å². The molecule has 0 bridgehead atoms. The highest BCUT2D eigenvalue weighted by Gasteiger charge is 2.26. The van der Waals surface area contributed by atoms with Gasteiger partial charge in [-0.1, -0.05) is 60.1 Å². The van der Waals surface area contributed by atoms with E-state index in [0.717, 1.165) is 11.1 Å². The smallest absolute Gasteiger partial charge is 0.351 e. The Labute approximate surface area is 187 Å². The number of esters is 1. The fourth-order valence-corrected chi connectivity index (χ4v) is 3.85. The molecule has 1 aliphatic heterocycles. The lowest BCUT2D eigenvalue weighted by Gasteiger charge is -2.28. The number of fused-ring (bicyclic) bond motifs is 2. The van der Waals surface area contributed by atoms with Gasteiger partial charge in [-0.25, -0.2) is 9.59 Å². The minimum absolute atomic E-state index is 0.129. The molecule has 6 nitrogen and oxygen atoms in total. The maximum Gasteiger partial charge on any atom is 0.351 e. The second kappa shape index (κ2) is 8.49. The Hall–Kier alpha value is -3.61.